The van der Waals surface area contributed by atoms with Crippen molar-refractivity contribution < 1.29 is 13.6 Å². The summed E-state index contributed by atoms with van der Waals surface area (Å²) in [5, 5.41) is 0.477. The number of nitrogens with two attached hydrogens (primary N) is 1. The van der Waals surface area contributed by atoms with Gasteiger partial charge in [-0.1, -0.05) is 11.6 Å². The summed E-state index contributed by atoms with van der Waals surface area (Å²) in [5.74, 6) is -2.68. The Kier molecular flexibility index (Phi) is 3.30. The lowest BCUT2D eigenvalue weighted by atomic mass is 10.0. The molecule has 0 aliphatic heterocycles. The summed E-state index contributed by atoms with van der Waals surface area (Å²) in [7, 11) is 0. The van der Waals surface area contributed by atoms with Crippen LogP contribution in [-0.2, 0) is 0 Å². The van der Waals surface area contributed by atoms with Crippen LogP contribution in [0, 0.1) is 11.6 Å². The summed E-state index contributed by atoms with van der Waals surface area (Å²) in [6.07, 6.45) is 0. The topological polar surface area (TPSA) is 43.1 Å². The van der Waals surface area contributed by atoms with E-state index in [-0.39, 0.29) is 11.3 Å². The van der Waals surface area contributed by atoms with E-state index in [2.05, 4.69) is 0 Å². The molecule has 18 heavy (non-hydrogen) atoms. The molecule has 2 aromatic carbocycles. The molecule has 0 heterocycles. The standard InChI is InChI=1S/C13H8ClF2NO/c14-8-3-1-7(2-4-8)13(18)9-5-10(15)11(16)6-12(9)17/h1-6H,17H2. The lowest BCUT2D eigenvalue weighted by Crippen LogP contribution is -2.07. The highest BCUT2D eigenvalue weighted by molar-refractivity contribution is 6.30. The molecule has 5 heteroatoms. The third kappa shape index (κ3) is 2.33. The Bertz CT molecular complexity index is 611. The van der Waals surface area contributed by atoms with E-state index < -0.39 is 17.4 Å². The predicted octanol–water partition coefficient (Wildman–Crippen LogP) is 3.43. The van der Waals surface area contributed by atoms with E-state index in [0.717, 1.165) is 12.1 Å². The number of nitrogen functional groups attached to an aromatic ring is 1. The molecule has 2 aromatic rings. The summed E-state index contributed by atoms with van der Waals surface area (Å²) < 4.78 is 26.0. The van der Waals surface area contributed by atoms with Crippen LogP contribution in [0.2, 0.25) is 5.02 Å². The number of halogens is 3. The number of carbonyl (C=O) groups is 1. The molecule has 0 aliphatic carbocycles. The summed E-state index contributed by atoms with van der Waals surface area (Å²) in [4.78, 5) is 12.0. The van der Waals surface area contributed by atoms with Gasteiger partial charge in [-0.15, -0.1) is 0 Å². The Hall–Kier alpha value is -1.94. The molecule has 0 radical (unpaired) electrons. The van der Waals surface area contributed by atoms with Crippen molar-refractivity contribution in [2.75, 3.05) is 5.73 Å². The number of ketones is 1. The van der Waals surface area contributed by atoms with Gasteiger partial charge in [-0.2, -0.15) is 0 Å². The predicted molar refractivity (Wildman–Crippen MR) is 65.7 cm³/mol. The van der Waals surface area contributed by atoms with Crippen LogP contribution < -0.4 is 5.73 Å². The van der Waals surface area contributed by atoms with Gasteiger partial charge in [0.05, 0.1) is 0 Å². The third-order valence-electron chi connectivity index (χ3n) is 2.44. The second-order valence-corrected chi connectivity index (χ2v) is 4.13. The molecule has 0 saturated heterocycles. The summed E-state index contributed by atoms with van der Waals surface area (Å²) >= 11 is 5.69. The molecule has 92 valence electrons. The lowest BCUT2D eigenvalue weighted by molar-refractivity contribution is 0.103. The van der Waals surface area contributed by atoms with Crippen molar-refractivity contribution >= 4 is 23.1 Å². The number of benzene rings is 2. The monoisotopic (exact) mass is 267 g/mol. The van der Waals surface area contributed by atoms with Gasteiger partial charge in [0.25, 0.3) is 0 Å². The number of anilines is 1. The fourth-order valence-corrected chi connectivity index (χ4v) is 1.64. The first-order valence-electron chi connectivity index (χ1n) is 5.04. The molecule has 2 rings (SSSR count). The summed E-state index contributed by atoms with van der Waals surface area (Å²) in [6.45, 7) is 0. The van der Waals surface area contributed by atoms with Gasteiger partial charge in [-0.3, -0.25) is 4.79 Å². The maximum absolute atomic E-state index is 13.1. The zero-order valence-corrected chi connectivity index (χ0v) is 9.84. The Morgan fingerprint density at radius 3 is 2.22 bits per heavy atom. The van der Waals surface area contributed by atoms with Gasteiger partial charge in [0.1, 0.15) is 0 Å². The number of hydrogen-bond donors (Lipinski definition) is 1. The van der Waals surface area contributed by atoms with Crippen LogP contribution in [0.5, 0.6) is 0 Å². The average Bonchev–Trinajstić information content (AvgIpc) is 2.34. The van der Waals surface area contributed by atoms with Gasteiger partial charge in [-0.25, -0.2) is 8.78 Å². The first-order valence-corrected chi connectivity index (χ1v) is 5.41. The van der Waals surface area contributed by atoms with Crippen molar-refractivity contribution in [3.05, 3.63) is 64.2 Å². The van der Waals surface area contributed by atoms with Crippen molar-refractivity contribution in [3.63, 3.8) is 0 Å². The minimum atomic E-state index is -1.11. The fourth-order valence-electron chi connectivity index (χ4n) is 1.52. The highest BCUT2D eigenvalue weighted by Crippen LogP contribution is 2.21. The van der Waals surface area contributed by atoms with Gasteiger partial charge >= 0.3 is 0 Å². The van der Waals surface area contributed by atoms with Crippen LogP contribution in [0.3, 0.4) is 0 Å². The smallest absolute Gasteiger partial charge is 0.195 e. The normalized spacial score (nSPS) is 10.4. The Balaban J connectivity index is 2.46. The van der Waals surface area contributed by atoms with Gasteiger partial charge in [-0.05, 0) is 30.3 Å². The van der Waals surface area contributed by atoms with E-state index in [0.29, 0.717) is 10.6 Å². The first kappa shape index (κ1) is 12.5. The Morgan fingerprint density at radius 2 is 1.61 bits per heavy atom. The van der Waals surface area contributed by atoms with Crippen LogP contribution >= 0.6 is 11.6 Å². The van der Waals surface area contributed by atoms with E-state index in [1.165, 1.54) is 24.3 Å². The van der Waals surface area contributed by atoms with Crippen LogP contribution in [0.1, 0.15) is 15.9 Å². The highest BCUT2D eigenvalue weighted by atomic mass is 35.5. The maximum atomic E-state index is 13.1. The first-order chi connectivity index (χ1) is 8.49. The van der Waals surface area contributed by atoms with Gasteiger partial charge in [0.2, 0.25) is 0 Å². The summed E-state index contributed by atoms with van der Waals surface area (Å²) in [6, 6.07) is 7.63. The molecule has 0 aliphatic rings. The second kappa shape index (κ2) is 4.74. The fraction of sp³-hybridized carbons (Fsp3) is 0. The Morgan fingerprint density at radius 1 is 1.06 bits per heavy atom. The van der Waals surface area contributed by atoms with Crippen LogP contribution in [0.25, 0.3) is 0 Å². The average molecular weight is 268 g/mol. The number of hydrogen-bond acceptors (Lipinski definition) is 2. The van der Waals surface area contributed by atoms with E-state index in [4.69, 9.17) is 17.3 Å². The molecule has 2 nitrogen and oxygen atoms in total. The van der Waals surface area contributed by atoms with Crippen molar-refractivity contribution in [2.45, 2.75) is 0 Å². The SMILES string of the molecule is Nc1cc(F)c(F)cc1C(=O)c1ccc(Cl)cc1. The van der Waals surface area contributed by atoms with Crippen molar-refractivity contribution in [1.29, 1.82) is 0 Å². The van der Waals surface area contributed by atoms with Crippen molar-refractivity contribution in [3.8, 4) is 0 Å². The lowest BCUT2D eigenvalue weighted by Gasteiger charge is -2.06. The van der Waals surface area contributed by atoms with Crippen LogP contribution in [0.4, 0.5) is 14.5 Å². The van der Waals surface area contributed by atoms with E-state index in [1.54, 1.807) is 0 Å². The molecular weight excluding hydrogens is 260 g/mol. The van der Waals surface area contributed by atoms with Crippen molar-refractivity contribution in [2.24, 2.45) is 0 Å². The van der Waals surface area contributed by atoms with Crippen LogP contribution in [0.15, 0.2) is 36.4 Å². The van der Waals surface area contributed by atoms with Gasteiger partial charge in [0.15, 0.2) is 17.4 Å². The molecule has 0 amide bonds. The highest BCUT2D eigenvalue weighted by Gasteiger charge is 2.15. The molecule has 0 unspecified atom stereocenters. The minimum absolute atomic E-state index is 0.0729. The number of rotatable bonds is 2. The van der Waals surface area contributed by atoms with Gasteiger partial charge in [0, 0.05) is 27.9 Å². The zero-order valence-electron chi connectivity index (χ0n) is 9.08. The molecule has 2 N–H and O–H groups in total. The third-order valence-corrected chi connectivity index (χ3v) is 2.70. The molecule has 0 bridgehead atoms. The molecule has 0 saturated carbocycles. The quantitative estimate of drug-likeness (QED) is 0.669. The zero-order chi connectivity index (χ0) is 13.3. The Labute approximate surface area is 107 Å². The summed E-state index contributed by atoms with van der Waals surface area (Å²) in [5.41, 5.74) is 5.63. The largest absolute Gasteiger partial charge is 0.398 e. The van der Waals surface area contributed by atoms with Crippen LogP contribution in [-0.4, -0.2) is 5.78 Å². The molecular formula is C13H8ClF2NO. The van der Waals surface area contributed by atoms with E-state index in [9.17, 15) is 13.6 Å². The second-order valence-electron chi connectivity index (χ2n) is 3.69. The molecule has 0 aromatic heterocycles. The molecule has 0 fully saturated rings. The van der Waals surface area contributed by atoms with E-state index in [1.807, 2.05) is 0 Å². The maximum Gasteiger partial charge on any atom is 0.195 e. The molecule has 0 atom stereocenters. The van der Waals surface area contributed by atoms with Crippen molar-refractivity contribution in [1.82, 2.24) is 0 Å². The van der Waals surface area contributed by atoms with Gasteiger partial charge < -0.3 is 5.73 Å². The number of carbonyl (C=O) groups excluding carboxylic acids is 1. The molecule has 0 spiro atoms. The van der Waals surface area contributed by atoms with E-state index >= 15 is 0 Å². The minimum Gasteiger partial charge on any atom is -0.398 e.